The molecule has 3 N–H and O–H groups in total. The number of rotatable bonds is 6. The number of hydrogen-bond donors (Lipinski definition) is 3. The highest BCUT2D eigenvalue weighted by atomic mass is 16.5. The Labute approximate surface area is 167 Å². The Kier molecular flexibility index (Phi) is 6.23. The number of imide groups is 1. The maximum absolute atomic E-state index is 12.3. The first-order valence-electron chi connectivity index (χ1n) is 9.21. The maximum atomic E-state index is 12.3. The summed E-state index contributed by atoms with van der Waals surface area (Å²) in [5, 5.41) is 7.37. The van der Waals surface area contributed by atoms with Crippen molar-refractivity contribution in [3.8, 4) is 0 Å². The van der Waals surface area contributed by atoms with Crippen LogP contribution in [0, 0.1) is 5.92 Å². The van der Waals surface area contributed by atoms with E-state index < -0.39 is 24.0 Å². The molecule has 2 aromatic carbocycles. The number of esters is 1. The third-order valence-electron chi connectivity index (χ3n) is 4.24. The van der Waals surface area contributed by atoms with Gasteiger partial charge in [0.2, 0.25) is 5.91 Å². The number of anilines is 2. The van der Waals surface area contributed by atoms with Crippen LogP contribution in [0.3, 0.4) is 0 Å². The molecule has 0 spiro atoms. The number of nitrogens with one attached hydrogen (secondary N) is 3. The molecule has 8 nitrogen and oxygen atoms in total. The van der Waals surface area contributed by atoms with Gasteiger partial charge in [-0.3, -0.25) is 14.9 Å². The third-order valence-corrected chi connectivity index (χ3v) is 4.24. The highest BCUT2D eigenvalue weighted by Gasteiger charge is 2.29. The van der Waals surface area contributed by atoms with Crippen LogP contribution in [0.5, 0.6) is 0 Å². The van der Waals surface area contributed by atoms with E-state index >= 15 is 0 Å². The molecule has 1 aliphatic rings. The van der Waals surface area contributed by atoms with Crippen molar-refractivity contribution in [3.63, 3.8) is 0 Å². The third kappa shape index (κ3) is 5.90. The van der Waals surface area contributed by atoms with E-state index in [0.29, 0.717) is 11.4 Å². The van der Waals surface area contributed by atoms with Crippen LogP contribution in [0.2, 0.25) is 0 Å². The molecule has 8 heteroatoms. The number of para-hydroxylation sites is 1. The highest BCUT2D eigenvalue weighted by molar-refractivity contribution is 6.03. The van der Waals surface area contributed by atoms with Crippen LogP contribution in [-0.2, 0) is 14.3 Å². The molecule has 4 amide bonds. The van der Waals surface area contributed by atoms with Crippen molar-refractivity contribution < 1.29 is 23.9 Å². The summed E-state index contributed by atoms with van der Waals surface area (Å²) >= 11 is 0. The van der Waals surface area contributed by atoms with Gasteiger partial charge in [-0.1, -0.05) is 24.3 Å². The van der Waals surface area contributed by atoms with Crippen molar-refractivity contribution in [2.45, 2.75) is 25.9 Å². The molecule has 0 saturated heterocycles. The Hall–Kier alpha value is -3.68. The van der Waals surface area contributed by atoms with Crippen molar-refractivity contribution in [2.24, 2.45) is 5.92 Å². The van der Waals surface area contributed by atoms with Crippen LogP contribution in [0.1, 0.15) is 30.1 Å². The number of carbonyl (C=O) groups excluding carboxylic acids is 4. The summed E-state index contributed by atoms with van der Waals surface area (Å²) in [4.78, 5) is 48.1. The van der Waals surface area contributed by atoms with Gasteiger partial charge in [-0.2, -0.15) is 0 Å². The Morgan fingerprint density at radius 1 is 0.931 bits per heavy atom. The van der Waals surface area contributed by atoms with Crippen molar-refractivity contribution in [1.82, 2.24) is 5.32 Å². The van der Waals surface area contributed by atoms with Crippen molar-refractivity contribution in [2.75, 3.05) is 10.6 Å². The van der Waals surface area contributed by atoms with Crippen LogP contribution in [0.25, 0.3) is 0 Å². The summed E-state index contributed by atoms with van der Waals surface area (Å²) < 4.78 is 5.13. The number of amides is 4. The minimum Gasteiger partial charge on any atom is -0.449 e. The van der Waals surface area contributed by atoms with E-state index in [4.69, 9.17) is 4.74 Å². The first kappa shape index (κ1) is 20.1. The largest absolute Gasteiger partial charge is 0.449 e. The molecule has 3 rings (SSSR count). The van der Waals surface area contributed by atoms with Gasteiger partial charge in [0.25, 0.3) is 5.91 Å². The van der Waals surface area contributed by atoms with E-state index in [1.165, 1.54) is 19.1 Å². The standard InChI is InChI=1S/C21H21N3O5/c1-13(18(25)24-21(28)23-16-7-3-2-4-8-16)29-20(27)15-6-5-9-17(12-15)22-19(26)14-10-11-14/h2-9,12-14H,10-11H2,1H3,(H,22,26)(H2,23,24,25,28). The number of urea groups is 1. The molecule has 150 valence electrons. The van der Waals surface area contributed by atoms with Gasteiger partial charge in [0.05, 0.1) is 5.56 Å². The summed E-state index contributed by atoms with van der Waals surface area (Å²) in [5.41, 5.74) is 1.19. The Morgan fingerprint density at radius 2 is 1.62 bits per heavy atom. The minimum absolute atomic E-state index is 0.0383. The van der Waals surface area contributed by atoms with Gasteiger partial charge in [-0.25, -0.2) is 9.59 Å². The quantitative estimate of drug-likeness (QED) is 0.651. The zero-order chi connectivity index (χ0) is 20.8. The smallest absolute Gasteiger partial charge is 0.338 e. The lowest BCUT2D eigenvalue weighted by atomic mass is 10.2. The fourth-order valence-corrected chi connectivity index (χ4v) is 2.49. The molecule has 2 aromatic rings. The lowest BCUT2D eigenvalue weighted by Gasteiger charge is -2.14. The molecule has 0 radical (unpaired) electrons. The fourth-order valence-electron chi connectivity index (χ4n) is 2.49. The van der Waals surface area contributed by atoms with Gasteiger partial charge in [0.15, 0.2) is 6.10 Å². The monoisotopic (exact) mass is 395 g/mol. The lowest BCUT2D eigenvalue weighted by Crippen LogP contribution is -2.41. The van der Waals surface area contributed by atoms with Crippen molar-refractivity contribution in [1.29, 1.82) is 0 Å². The first-order valence-corrected chi connectivity index (χ1v) is 9.21. The van der Waals surface area contributed by atoms with Gasteiger partial charge in [0, 0.05) is 17.3 Å². The predicted molar refractivity (Wildman–Crippen MR) is 106 cm³/mol. The molecule has 1 fully saturated rings. The average molecular weight is 395 g/mol. The SMILES string of the molecule is CC(OC(=O)c1cccc(NC(=O)C2CC2)c1)C(=O)NC(=O)Nc1ccccc1. The summed E-state index contributed by atoms with van der Waals surface area (Å²) in [6.45, 7) is 1.36. The zero-order valence-electron chi connectivity index (χ0n) is 15.8. The number of hydrogen-bond acceptors (Lipinski definition) is 5. The van der Waals surface area contributed by atoms with E-state index in [9.17, 15) is 19.2 Å². The lowest BCUT2D eigenvalue weighted by molar-refractivity contribution is -0.127. The topological polar surface area (TPSA) is 114 Å². The Balaban J connectivity index is 1.52. The van der Waals surface area contributed by atoms with Gasteiger partial charge in [-0.05, 0) is 50.1 Å². The average Bonchev–Trinajstić information content (AvgIpc) is 3.54. The second kappa shape index (κ2) is 9.01. The van der Waals surface area contributed by atoms with Crippen LogP contribution < -0.4 is 16.0 Å². The molecule has 0 aliphatic heterocycles. The molecule has 0 aromatic heterocycles. The molecule has 1 aliphatic carbocycles. The molecule has 1 saturated carbocycles. The molecule has 29 heavy (non-hydrogen) atoms. The Bertz CT molecular complexity index is 925. The van der Waals surface area contributed by atoms with Crippen LogP contribution in [0.4, 0.5) is 16.2 Å². The Morgan fingerprint density at radius 3 is 2.31 bits per heavy atom. The molecule has 0 heterocycles. The summed E-state index contributed by atoms with van der Waals surface area (Å²) in [5.74, 6) is -1.53. The van der Waals surface area contributed by atoms with Crippen LogP contribution in [0.15, 0.2) is 54.6 Å². The summed E-state index contributed by atoms with van der Waals surface area (Å²) in [7, 11) is 0. The zero-order valence-corrected chi connectivity index (χ0v) is 15.8. The van der Waals surface area contributed by atoms with E-state index in [2.05, 4.69) is 16.0 Å². The summed E-state index contributed by atoms with van der Waals surface area (Å²) in [6, 6.07) is 14.2. The second-order valence-electron chi connectivity index (χ2n) is 6.70. The van der Waals surface area contributed by atoms with Crippen LogP contribution >= 0.6 is 0 Å². The number of benzene rings is 2. The van der Waals surface area contributed by atoms with Gasteiger partial charge >= 0.3 is 12.0 Å². The van der Waals surface area contributed by atoms with Gasteiger partial charge < -0.3 is 15.4 Å². The fraction of sp³-hybridized carbons (Fsp3) is 0.238. The maximum Gasteiger partial charge on any atom is 0.338 e. The van der Waals surface area contributed by atoms with Crippen LogP contribution in [-0.4, -0.2) is 29.9 Å². The molecule has 1 atom stereocenters. The molecular formula is C21H21N3O5. The molecule has 1 unspecified atom stereocenters. The van der Waals surface area contributed by atoms with E-state index in [1.54, 1.807) is 42.5 Å². The van der Waals surface area contributed by atoms with Gasteiger partial charge in [0.1, 0.15) is 0 Å². The van der Waals surface area contributed by atoms with Gasteiger partial charge in [-0.15, -0.1) is 0 Å². The highest BCUT2D eigenvalue weighted by Crippen LogP contribution is 2.30. The predicted octanol–water partition coefficient (Wildman–Crippen LogP) is 2.93. The van der Waals surface area contributed by atoms with E-state index in [0.717, 1.165) is 12.8 Å². The van der Waals surface area contributed by atoms with E-state index in [1.807, 2.05) is 0 Å². The van der Waals surface area contributed by atoms with Crippen molar-refractivity contribution >= 4 is 35.2 Å². The minimum atomic E-state index is -1.19. The second-order valence-corrected chi connectivity index (χ2v) is 6.70. The molecule has 0 bridgehead atoms. The summed E-state index contributed by atoms with van der Waals surface area (Å²) in [6.07, 6.45) is 0.560. The number of carbonyl (C=O) groups is 4. The normalized spacial score (nSPS) is 13.7. The molecular weight excluding hydrogens is 374 g/mol. The number of ether oxygens (including phenoxy) is 1. The van der Waals surface area contributed by atoms with E-state index in [-0.39, 0.29) is 17.4 Å². The first-order chi connectivity index (χ1) is 13.9. The van der Waals surface area contributed by atoms with Crippen molar-refractivity contribution in [3.05, 3.63) is 60.2 Å².